The number of hydrogen-bond acceptors (Lipinski definition) is 5. The molecule has 8 heteroatoms. The highest BCUT2D eigenvalue weighted by Gasteiger charge is 2.12. The Morgan fingerprint density at radius 1 is 1.14 bits per heavy atom. The van der Waals surface area contributed by atoms with Crippen molar-refractivity contribution in [3.63, 3.8) is 0 Å². The molecule has 0 saturated heterocycles. The summed E-state index contributed by atoms with van der Waals surface area (Å²) in [4.78, 5) is 12.0. The molecule has 0 saturated carbocycles. The molecule has 0 radical (unpaired) electrons. The van der Waals surface area contributed by atoms with Crippen LogP contribution in [0.5, 0.6) is 5.75 Å². The minimum absolute atomic E-state index is 0.169. The normalized spacial score (nSPS) is 10.7. The fourth-order valence-electron chi connectivity index (χ4n) is 2.43. The van der Waals surface area contributed by atoms with Gasteiger partial charge in [0.1, 0.15) is 18.2 Å². The van der Waals surface area contributed by atoms with E-state index in [2.05, 4.69) is 22.4 Å². The van der Waals surface area contributed by atoms with Gasteiger partial charge in [-0.2, -0.15) is 0 Å². The average molecular weight is 400 g/mol. The number of nitrogens with zero attached hydrogens (tertiary/aromatic N) is 3. The lowest BCUT2D eigenvalue weighted by Crippen LogP contribution is -2.14. The molecule has 0 aliphatic rings. The molecule has 1 N–H and O–H groups in total. The maximum absolute atomic E-state index is 12.9. The number of carbonyl (C=O) groups is 1. The Bertz CT molecular complexity index is 926. The first-order valence-corrected chi connectivity index (χ1v) is 9.82. The van der Waals surface area contributed by atoms with Crippen LogP contribution in [0.3, 0.4) is 0 Å². The maximum atomic E-state index is 12.9. The third-order valence-electron chi connectivity index (χ3n) is 4.08. The lowest BCUT2D eigenvalue weighted by Gasteiger charge is -2.07. The molecule has 0 atom stereocenters. The van der Waals surface area contributed by atoms with Crippen LogP contribution >= 0.6 is 11.8 Å². The van der Waals surface area contributed by atoms with Gasteiger partial charge in [0.05, 0.1) is 5.75 Å². The predicted molar refractivity (Wildman–Crippen MR) is 107 cm³/mol. The van der Waals surface area contributed by atoms with Crippen LogP contribution in [0.4, 0.5) is 10.1 Å². The maximum Gasteiger partial charge on any atom is 0.234 e. The molecule has 0 spiro atoms. The highest BCUT2D eigenvalue weighted by Crippen LogP contribution is 2.18. The van der Waals surface area contributed by atoms with E-state index in [1.54, 1.807) is 4.57 Å². The van der Waals surface area contributed by atoms with E-state index < -0.39 is 0 Å². The van der Waals surface area contributed by atoms with Gasteiger partial charge in [0, 0.05) is 12.7 Å². The van der Waals surface area contributed by atoms with E-state index >= 15 is 0 Å². The van der Waals surface area contributed by atoms with Crippen molar-refractivity contribution in [2.75, 3.05) is 11.1 Å². The van der Waals surface area contributed by atoms with E-state index in [0.717, 1.165) is 12.2 Å². The zero-order chi connectivity index (χ0) is 19.9. The van der Waals surface area contributed by atoms with Gasteiger partial charge >= 0.3 is 0 Å². The summed E-state index contributed by atoms with van der Waals surface area (Å²) >= 11 is 1.27. The van der Waals surface area contributed by atoms with Crippen LogP contribution in [0, 0.1) is 5.82 Å². The van der Waals surface area contributed by atoms with Crippen molar-refractivity contribution in [1.82, 2.24) is 14.8 Å². The van der Waals surface area contributed by atoms with Crippen LogP contribution in [0.2, 0.25) is 0 Å². The number of aromatic nitrogens is 3. The summed E-state index contributed by atoms with van der Waals surface area (Å²) in [6.07, 6.45) is 0.985. The molecule has 2 aromatic carbocycles. The van der Waals surface area contributed by atoms with E-state index in [1.807, 2.05) is 31.3 Å². The Balaban J connectivity index is 1.50. The number of rotatable bonds is 8. The van der Waals surface area contributed by atoms with E-state index in [0.29, 0.717) is 16.7 Å². The second-order valence-corrected chi connectivity index (χ2v) is 7.03. The standard InChI is InChI=1S/C20H21FN4O2S/c1-3-14-4-10-17(11-5-14)27-12-18-23-24-20(25(18)2)28-13-19(26)22-16-8-6-15(21)7-9-16/h4-11H,3,12-13H2,1-2H3,(H,22,26). The van der Waals surface area contributed by atoms with Crippen molar-refractivity contribution in [3.05, 3.63) is 65.7 Å². The molecule has 1 aromatic heterocycles. The second kappa shape index (κ2) is 9.36. The van der Waals surface area contributed by atoms with Crippen molar-refractivity contribution in [1.29, 1.82) is 0 Å². The number of hydrogen-bond donors (Lipinski definition) is 1. The third kappa shape index (κ3) is 5.32. The molecular weight excluding hydrogens is 379 g/mol. The van der Waals surface area contributed by atoms with Crippen LogP contribution in [-0.2, 0) is 24.9 Å². The number of amides is 1. The molecule has 3 aromatic rings. The van der Waals surface area contributed by atoms with Gasteiger partial charge in [-0.05, 0) is 48.4 Å². The topological polar surface area (TPSA) is 69.0 Å². The monoisotopic (exact) mass is 400 g/mol. The lowest BCUT2D eigenvalue weighted by molar-refractivity contribution is -0.113. The van der Waals surface area contributed by atoms with Gasteiger partial charge in [-0.15, -0.1) is 10.2 Å². The summed E-state index contributed by atoms with van der Waals surface area (Å²) in [5, 5.41) is 11.6. The first-order valence-electron chi connectivity index (χ1n) is 8.83. The van der Waals surface area contributed by atoms with Crippen LogP contribution < -0.4 is 10.1 Å². The van der Waals surface area contributed by atoms with Crippen molar-refractivity contribution in [2.24, 2.45) is 7.05 Å². The van der Waals surface area contributed by atoms with E-state index in [-0.39, 0.29) is 24.1 Å². The number of thioether (sulfide) groups is 1. The van der Waals surface area contributed by atoms with Crippen LogP contribution in [0.1, 0.15) is 18.3 Å². The third-order valence-corrected chi connectivity index (χ3v) is 5.11. The van der Waals surface area contributed by atoms with Gasteiger partial charge in [0.15, 0.2) is 11.0 Å². The average Bonchev–Trinajstić information content (AvgIpc) is 3.06. The number of aryl methyl sites for hydroxylation is 1. The van der Waals surface area contributed by atoms with Gasteiger partial charge in [0.25, 0.3) is 0 Å². The number of halogens is 1. The zero-order valence-electron chi connectivity index (χ0n) is 15.7. The fraction of sp³-hybridized carbons (Fsp3) is 0.250. The molecule has 6 nitrogen and oxygen atoms in total. The van der Waals surface area contributed by atoms with E-state index in [1.165, 1.54) is 41.6 Å². The molecule has 146 valence electrons. The first-order chi connectivity index (χ1) is 13.5. The largest absolute Gasteiger partial charge is 0.486 e. The summed E-state index contributed by atoms with van der Waals surface area (Å²) in [6.45, 7) is 2.39. The molecule has 1 heterocycles. The minimum atomic E-state index is -0.345. The zero-order valence-corrected chi connectivity index (χ0v) is 16.5. The highest BCUT2D eigenvalue weighted by molar-refractivity contribution is 7.99. The van der Waals surface area contributed by atoms with Crippen LogP contribution in [0.15, 0.2) is 53.7 Å². The van der Waals surface area contributed by atoms with Crippen molar-refractivity contribution >= 4 is 23.4 Å². The number of carbonyl (C=O) groups excluding carboxylic acids is 1. The summed E-state index contributed by atoms with van der Waals surface area (Å²) < 4.78 is 20.5. The fourth-order valence-corrected chi connectivity index (χ4v) is 3.16. The Morgan fingerprint density at radius 3 is 2.54 bits per heavy atom. The van der Waals surface area contributed by atoms with Gasteiger partial charge in [-0.1, -0.05) is 30.8 Å². The molecule has 0 unspecified atom stereocenters. The van der Waals surface area contributed by atoms with Crippen LogP contribution in [0.25, 0.3) is 0 Å². The van der Waals surface area contributed by atoms with E-state index in [4.69, 9.17) is 4.74 Å². The number of nitrogens with one attached hydrogen (secondary N) is 1. The quantitative estimate of drug-likeness (QED) is 0.582. The molecule has 0 aliphatic carbocycles. The van der Waals surface area contributed by atoms with E-state index in [9.17, 15) is 9.18 Å². The predicted octanol–water partition coefficient (Wildman–Crippen LogP) is 3.83. The minimum Gasteiger partial charge on any atom is -0.486 e. The number of benzene rings is 2. The van der Waals surface area contributed by atoms with Gasteiger partial charge in [0.2, 0.25) is 5.91 Å². The number of anilines is 1. The Morgan fingerprint density at radius 2 is 1.86 bits per heavy atom. The lowest BCUT2D eigenvalue weighted by atomic mass is 10.2. The molecule has 0 fully saturated rings. The molecule has 28 heavy (non-hydrogen) atoms. The summed E-state index contributed by atoms with van der Waals surface area (Å²) in [5.41, 5.74) is 1.80. The van der Waals surface area contributed by atoms with Crippen molar-refractivity contribution < 1.29 is 13.9 Å². The second-order valence-electron chi connectivity index (χ2n) is 6.09. The summed E-state index contributed by atoms with van der Waals surface area (Å²) in [7, 11) is 1.83. The Hall–Kier alpha value is -2.87. The molecular formula is C20H21FN4O2S. The van der Waals surface area contributed by atoms with Crippen molar-refractivity contribution in [2.45, 2.75) is 25.1 Å². The number of ether oxygens (including phenoxy) is 1. The van der Waals surface area contributed by atoms with Crippen molar-refractivity contribution in [3.8, 4) is 5.75 Å². The molecule has 3 rings (SSSR count). The molecule has 1 amide bonds. The SMILES string of the molecule is CCc1ccc(OCc2nnc(SCC(=O)Nc3ccc(F)cc3)n2C)cc1. The highest BCUT2D eigenvalue weighted by atomic mass is 32.2. The van der Waals surface area contributed by atoms with Crippen LogP contribution in [-0.4, -0.2) is 26.4 Å². The van der Waals surface area contributed by atoms with Gasteiger partial charge < -0.3 is 14.6 Å². The Kier molecular flexibility index (Phi) is 6.65. The first kappa shape index (κ1) is 19.9. The Labute approximate surface area is 167 Å². The van der Waals surface area contributed by atoms with Gasteiger partial charge in [-0.3, -0.25) is 4.79 Å². The summed E-state index contributed by atoms with van der Waals surface area (Å²) in [5.74, 6) is 1.06. The van der Waals surface area contributed by atoms with Gasteiger partial charge in [-0.25, -0.2) is 4.39 Å². The summed E-state index contributed by atoms with van der Waals surface area (Å²) in [6, 6.07) is 13.6. The molecule has 0 aliphatic heterocycles. The smallest absolute Gasteiger partial charge is 0.234 e. The molecule has 0 bridgehead atoms.